The van der Waals surface area contributed by atoms with Gasteiger partial charge in [0.1, 0.15) is 5.15 Å². The molecular weight excluding hydrogens is 243 g/mol. The van der Waals surface area contributed by atoms with E-state index in [0.29, 0.717) is 10.3 Å². The monoisotopic (exact) mass is 258 g/mol. The quantitative estimate of drug-likeness (QED) is 0.818. The Bertz CT molecular complexity index is 350. The summed E-state index contributed by atoms with van der Waals surface area (Å²) in [5, 5.41) is 4.32. The average Bonchev–Trinajstić information content (AvgIpc) is 2.68. The number of halogens is 2. The summed E-state index contributed by atoms with van der Waals surface area (Å²) < 4.78 is 0. The summed E-state index contributed by atoms with van der Waals surface area (Å²) in [5.74, 6) is 0.783. The van der Waals surface area contributed by atoms with E-state index >= 15 is 0 Å². The van der Waals surface area contributed by atoms with Crippen LogP contribution in [0.4, 0.5) is 5.69 Å². The summed E-state index contributed by atoms with van der Waals surface area (Å²) in [4.78, 5) is 4.05. The highest BCUT2D eigenvalue weighted by atomic mass is 35.5. The van der Waals surface area contributed by atoms with Gasteiger partial charge in [-0.25, -0.2) is 4.98 Å². The van der Waals surface area contributed by atoms with E-state index in [9.17, 15) is 0 Å². The first-order valence-electron chi connectivity index (χ1n) is 5.73. The van der Waals surface area contributed by atoms with E-state index in [0.717, 1.165) is 23.7 Å². The minimum atomic E-state index is 0.453. The average molecular weight is 259 g/mol. The van der Waals surface area contributed by atoms with Crippen LogP contribution in [0.15, 0.2) is 6.07 Å². The summed E-state index contributed by atoms with van der Waals surface area (Å²) in [6, 6.07) is 1.84. The Morgan fingerprint density at radius 2 is 2.06 bits per heavy atom. The van der Waals surface area contributed by atoms with Crippen LogP contribution in [-0.2, 0) is 0 Å². The molecule has 2 nitrogen and oxygen atoms in total. The number of aryl methyl sites for hydroxylation is 1. The van der Waals surface area contributed by atoms with Crippen molar-refractivity contribution in [3.8, 4) is 0 Å². The van der Waals surface area contributed by atoms with E-state index in [4.69, 9.17) is 23.2 Å². The van der Waals surface area contributed by atoms with Crippen LogP contribution in [0.5, 0.6) is 0 Å². The zero-order valence-electron chi connectivity index (χ0n) is 9.39. The highest BCUT2D eigenvalue weighted by Crippen LogP contribution is 2.29. The maximum Gasteiger partial charge on any atom is 0.154 e. The maximum absolute atomic E-state index is 6.06. The Balaban J connectivity index is 2.03. The second-order valence-electron chi connectivity index (χ2n) is 4.46. The van der Waals surface area contributed by atoms with Gasteiger partial charge in [0.25, 0.3) is 0 Å². The van der Waals surface area contributed by atoms with E-state index < -0.39 is 0 Å². The number of aromatic nitrogens is 1. The molecule has 0 atom stereocenters. The third-order valence-electron chi connectivity index (χ3n) is 3.18. The van der Waals surface area contributed by atoms with Crippen molar-refractivity contribution in [2.45, 2.75) is 32.6 Å². The number of nitrogens with one attached hydrogen (secondary N) is 1. The van der Waals surface area contributed by atoms with Crippen molar-refractivity contribution in [3.63, 3.8) is 0 Å². The fraction of sp³-hybridized carbons (Fsp3) is 0.583. The Kier molecular flexibility index (Phi) is 3.93. The molecule has 2 rings (SSSR count). The second-order valence-corrected chi connectivity index (χ2v) is 5.20. The van der Waals surface area contributed by atoms with Crippen molar-refractivity contribution in [2.24, 2.45) is 5.92 Å². The van der Waals surface area contributed by atoms with Crippen LogP contribution in [0.2, 0.25) is 10.3 Å². The van der Waals surface area contributed by atoms with Crippen molar-refractivity contribution >= 4 is 28.9 Å². The molecule has 0 bridgehead atoms. The number of hydrogen-bond donors (Lipinski definition) is 1. The Morgan fingerprint density at radius 3 is 2.69 bits per heavy atom. The van der Waals surface area contributed by atoms with E-state index in [1.807, 2.05) is 13.0 Å². The smallest absolute Gasteiger partial charge is 0.154 e. The van der Waals surface area contributed by atoms with Gasteiger partial charge in [-0.2, -0.15) is 0 Å². The first-order valence-corrected chi connectivity index (χ1v) is 6.49. The summed E-state index contributed by atoms with van der Waals surface area (Å²) in [7, 11) is 0. The fourth-order valence-corrected chi connectivity index (χ4v) is 2.87. The molecule has 1 aliphatic rings. The summed E-state index contributed by atoms with van der Waals surface area (Å²) in [6.45, 7) is 2.99. The van der Waals surface area contributed by atoms with Crippen LogP contribution in [-0.4, -0.2) is 11.5 Å². The molecule has 1 N–H and O–H groups in total. The Morgan fingerprint density at radius 1 is 1.38 bits per heavy atom. The predicted molar refractivity (Wildman–Crippen MR) is 69.4 cm³/mol. The standard InChI is InChI=1S/C12H16Cl2N2/c1-8-6-10(13)16-12(14)11(8)15-7-9-4-2-3-5-9/h6,9,15H,2-5,7H2,1H3. The van der Waals surface area contributed by atoms with Gasteiger partial charge in [-0.15, -0.1) is 0 Å². The van der Waals surface area contributed by atoms with Crippen molar-refractivity contribution in [3.05, 3.63) is 21.9 Å². The zero-order chi connectivity index (χ0) is 11.5. The summed E-state index contributed by atoms with van der Waals surface area (Å²) in [6.07, 6.45) is 5.37. The summed E-state index contributed by atoms with van der Waals surface area (Å²) >= 11 is 11.9. The van der Waals surface area contributed by atoms with Crippen LogP contribution in [0.25, 0.3) is 0 Å². The van der Waals surface area contributed by atoms with Gasteiger partial charge in [0.05, 0.1) is 5.69 Å². The molecule has 0 aromatic carbocycles. The number of rotatable bonds is 3. The molecule has 1 heterocycles. The van der Waals surface area contributed by atoms with Crippen molar-refractivity contribution in [1.82, 2.24) is 4.98 Å². The number of pyridine rings is 1. The topological polar surface area (TPSA) is 24.9 Å². The molecule has 16 heavy (non-hydrogen) atoms. The molecule has 1 fully saturated rings. The van der Waals surface area contributed by atoms with Crippen LogP contribution >= 0.6 is 23.2 Å². The Hall–Kier alpha value is -0.470. The van der Waals surface area contributed by atoms with Crippen molar-refractivity contribution in [2.75, 3.05) is 11.9 Å². The summed E-state index contributed by atoms with van der Waals surface area (Å²) in [5.41, 5.74) is 1.99. The largest absolute Gasteiger partial charge is 0.382 e. The van der Waals surface area contributed by atoms with E-state index in [2.05, 4.69) is 10.3 Å². The molecule has 1 aliphatic carbocycles. The van der Waals surface area contributed by atoms with E-state index in [-0.39, 0.29) is 0 Å². The van der Waals surface area contributed by atoms with Gasteiger partial charge >= 0.3 is 0 Å². The normalized spacial score (nSPS) is 16.7. The van der Waals surface area contributed by atoms with E-state index in [1.165, 1.54) is 25.7 Å². The lowest BCUT2D eigenvalue weighted by Gasteiger charge is -2.14. The van der Waals surface area contributed by atoms with Gasteiger partial charge in [-0.05, 0) is 37.3 Å². The van der Waals surface area contributed by atoms with Gasteiger partial charge < -0.3 is 5.32 Å². The van der Waals surface area contributed by atoms with Crippen molar-refractivity contribution in [1.29, 1.82) is 0 Å². The zero-order valence-corrected chi connectivity index (χ0v) is 10.9. The molecule has 1 aromatic heterocycles. The van der Waals surface area contributed by atoms with Crippen LogP contribution in [0.1, 0.15) is 31.2 Å². The molecule has 0 unspecified atom stereocenters. The van der Waals surface area contributed by atoms with Gasteiger partial charge in [0.2, 0.25) is 0 Å². The molecule has 88 valence electrons. The molecule has 0 radical (unpaired) electrons. The molecule has 0 aliphatic heterocycles. The lowest BCUT2D eigenvalue weighted by Crippen LogP contribution is -2.12. The van der Waals surface area contributed by atoms with Gasteiger partial charge in [0.15, 0.2) is 5.15 Å². The van der Waals surface area contributed by atoms with Crippen LogP contribution in [0, 0.1) is 12.8 Å². The number of anilines is 1. The first kappa shape index (κ1) is 12.0. The second kappa shape index (κ2) is 5.24. The van der Waals surface area contributed by atoms with Crippen LogP contribution in [0.3, 0.4) is 0 Å². The Labute approximate surface area is 106 Å². The number of hydrogen-bond acceptors (Lipinski definition) is 2. The lowest BCUT2D eigenvalue weighted by atomic mass is 10.1. The highest BCUT2D eigenvalue weighted by Gasteiger charge is 2.16. The van der Waals surface area contributed by atoms with Crippen molar-refractivity contribution < 1.29 is 0 Å². The third-order valence-corrected chi connectivity index (χ3v) is 3.65. The SMILES string of the molecule is Cc1cc(Cl)nc(Cl)c1NCC1CCCC1. The molecular formula is C12H16Cl2N2. The minimum absolute atomic E-state index is 0.453. The van der Waals surface area contributed by atoms with Crippen LogP contribution < -0.4 is 5.32 Å². The molecule has 1 aromatic rings. The molecule has 4 heteroatoms. The molecule has 1 saturated carbocycles. The molecule has 0 saturated heterocycles. The first-order chi connectivity index (χ1) is 7.66. The highest BCUT2D eigenvalue weighted by molar-refractivity contribution is 6.34. The fourth-order valence-electron chi connectivity index (χ4n) is 2.27. The van der Waals surface area contributed by atoms with E-state index in [1.54, 1.807) is 0 Å². The maximum atomic E-state index is 6.06. The number of nitrogens with zero attached hydrogens (tertiary/aromatic N) is 1. The lowest BCUT2D eigenvalue weighted by molar-refractivity contribution is 0.579. The van der Waals surface area contributed by atoms with Gasteiger partial charge in [0, 0.05) is 6.54 Å². The van der Waals surface area contributed by atoms with Gasteiger partial charge in [-0.1, -0.05) is 36.0 Å². The molecule has 0 amide bonds. The minimum Gasteiger partial charge on any atom is -0.382 e. The predicted octanol–water partition coefficient (Wildman–Crippen LogP) is 4.30. The molecule has 0 spiro atoms. The van der Waals surface area contributed by atoms with Gasteiger partial charge in [-0.3, -0.25) is 0 Å². The third kappa shape index (κ3) is 2.80.